The van der Waals surface area contributed by atoms with E-state index in [0.29, 0.717) is 58.1 Å². The number of likely N-dealkylation sites (tertiary alicyclic amines) is 3. The maximum atomic E-state index is 13.4. The van der Waals surface area contributed by atoms with Crippen LogP contribution in [0.15, 0.2) is 0 Å². The van der Waals surface area contributed by atoms with Crippen molar-refractivity contribution in [3.05, 3.63) is 0 Å². The summed E-state index contributed by atoms with van der Waals surface area (Å²) in [6.07, 6.45) is 6.75. The molecule has 0 spiro atoms. The first-order valence-electron chi connectivity index (χ1n) is 13.8. The highest BCUT2D eigenvalue weighted by atomic mass is 16.6. The van der Waals surface area contributed by atoms with Crippen LogP contribution in [0.25, 0.3) is 0 Å². The van der Waals surface area contributed by atoms with E-state index in [1.807, 2.05) is 25.7 Å². The molecule has 0 saturated carbocycles. The molecule has 3 saturated heterocycles. The lowest BCUT2D eigenvalue weighted by atomic mass is 9.91. The summed E-state index contributed by atoms with van der Waals surface area (Å²) in [7, 11) is 0. The lowest BCUT2D eigenvalue weighted by Gasteiger charge is -2.39. The van der Waals surface area contributed by atoms with Gasteiger partial charge in [-0.25, -0.2) is 9.59 Å². The van der Waals surface area contributed by atoms with E-state index >= 15 is 0 Å². The predicted molar refractivity (Wildman–Crippen MR) is 135 cm³/mol. The molecule has 3 amide bonds. The number of amides is 3. The van der Waals surface area contributed by atoms with Gasteiger partial charge in [-0.1, -0.05) is 0 Å². The Hall–Kier alpha value is -2.32. The molecule has 0 aromatic heterocycles. The molecule has 3 fully saturated rings. The van der Waals surface area contributed by atoms with Crippen LogP contribution in [-0.2, 0) is 23.9 Å². The summed E-state index contributed by atoms with van der Waals surface area (Å²) in [5, 5.41) is 0. The highest BCUT2D eigenvalue weighted by molar-refractivity contribution is 5.87. The summed E-state index contributed by atoms with van der Waals surface area (Å²) < 4.78 is 10.7. The summed E-state index contributed by atoms with van der Waals surface area (Å²) in [4.78, 5) is 56.4. The quantitative estimate of drug-likeness (QED) is 0.510. The number of piperidine rings is 3. The van der Waals surface area contributed by atoms with Gasteiger partial charge in [0, 0.05) is 39.1 Å². The lowest BCUT2D eigenvalue weighted by molar-refractivity contribution is -0.159. The molecule has 204 valence electrons. The molecule has 0 aliphatic carbocycles. The van der Waals surface area contributed by atoms with E-state index in [9.17, 15) is 19.2 Å². The molecule has 9 nitrogen and oxygen atoms in total. The topological polar surface area (TPSA) is 96.5 Å². The Labute approximate surface area is 215 Å². The molecule has 3 aliphatic heterocycles. The van der Waals surface area contributed by atoms with Crippen LogP contribution in [0.5, 0.6) is 0 Å². The molecule has 0 radical (unpaired) electrons. The van der Waals surface area contributed by atoms with E-state index in [1.165, 1.54) is 0 Å². The molecule has 36 heavy (non-hydrogen) atoms. The largest absolute Gasteiger partial charge is 0.464 e. The monoisotopic (exact) mass is 507 g/mol. The number of hydrogen-bond donors (Lipinski definition) is 0. The fourth-order valence-corrected chi connectivity index (χ4v) is 5.53. The van der Waals surface area contributed by atoms with Gasteiger partial charge in [0.1, 0.15) is 11.6 Å². The van der Waals surface area contributed by atoms with Crippen molar-refractivity contribution in [3.63, 3.8) is 0 Å². The molecule has 3 aliphatic rings. The van der Waals surface area contributed by atoms with Crippen LogP contribution in [0.1, 0.15) is 85.5 Å². The predicted octanol–water partition coefficient (Wildman–Crippen LogP) is 3.60. The Morgan fingerprint density at radius 1 is 0.861 bits per heavy atom. The lowest BCUT2D eigenvalue weighted by Crippen LogP contribution is -2.53. The van der Waals surface area contributed by atoms with E-state index < -0.39 is 11.6 Å². The van der Waals surface area contributed by atoms with Crippen molar-refractivity contribution in [2.75, 3.05) is 39.3 Å². The number of nitrogens with zero attached hydrogens (tertiary/aromatic N) is 3. The third kappa shape index (κ3) is 7.84. The first-order valence-corrected chi connectivity index (χ1v) is 13.8. The van der Waals surface area contributed by atoms with Gasteiger partial charge in [-0.15, -0.1) is 0 Å². The van der Waals surface area contributed by atoms with Gasteiger partial charge in [0.05, 0.1) is 12.5 Å². The summed E-state index contributed by atoms with van der Waals surface area (Å²) in [6.45, 7) is 10.7. The van der Waals surface area contributed by atoms with Gasteiger partial charge >= 0.3 is 12.1 Å². The van der Waals surface area contributed by atoms with Crippen molar-refractivity contribution in [1.82, 2.24) is 14.7 Å². The van der Waals surface area contributed by atoms with E-state index in [0.717, 1.165) is 44.9 Å². The van der Waals surface area contributed by atoms with Gasteiger partial charge in [-0.05, 0) is 85.0 Å². The molecule has 0 bridgehead atoms. The van der Waals surface area contributed by atoms with Crippen LogP contribution in [0.2, 0.25) is 0 Å². The minimum atomic E-state index is -0.498. The number of carbonyl (C=O) groups is 4. The van der Waals surface area contributed by atoms with Crippen LogP contribution in [0, 0.1) is 11.8 Å². The molecule has 3 heterocycles. The van der Waals surface area contributed by atoms with Gasteiger partial charge in [0.2, 0.25) is 11.8 Å². The standard InChI is InChI=1S/C27H45N3O6/c1-5-35-25(33)22-10-6-7-16-30(22)24(32)21-9-8-15-29(19-21)23(31)12-11-20-13-17-28(18-14-20)26(34)36-27(2,3)4/h20-22H,5-19H2,1-4H3/t21-,22?/m1/s1. The summed E-state index contributed by atoms with van der Waals surface area (Å²) in [5.41, 5.74) is -0.498. The van der Waals surface area contributed by atoms with Gasteiger partial charge < -0.3 is 24.2 Å². The minimum Gasteiger partial charge on any atom is -0.464 e. The minimum absolute atomic E-state index is 0.0141. The zero-order valence-electron chi connectivity index (χ0n) is 22.6. The third-order valence-electron chi connectivity index (χ3n) is 7.50. The van der Waals surface area contributed by atoms with Crippen molar-refractivity contribution in [2.24, 2.45) is 11.8 Å². The van der Waals surface area contributed by atoms with E-state index in [-0.39, 0.29) is 29.8 Å². The Morgan fingerprint density at radius 2 is 1.58 bits per heavy atom. The van der Waals surface area contributed by atoms with Crippen LogP contribution < -0.4 is 0 Å². The van der Waals surface area contributed by atoms with Crippen molar-refractivity contribution in [3.8, 4) is 0 Å². The average Bonchev–Trinajstić information content (AvgIpc) is 2.86. The maximum absolute atomic E-state index is 13.4. The second kappa shape index (κ2) is 12.8. The fraction of sp³-hybridized carbons (Fsp3) is 0.852. The maximum Gasteiger partial charge on any atom is 0.410 e. The van der Waals surface area contributed by atoms with Crippen molar-refractivity contribution in [1.29, 1.82) is 0 Å². The average molecular weight is 508 g/mol. The van der Waals surface area contributed by atoms with Crippen LogP contribution in [0.4, 0.5) is 4.79 Å². The molecular weight excluding hydrogens is 462 g/mol. The molecule has 0 aromatic rings. The number of carbonyl (C=O) groups excluding carboxylic acids is 4. The molecule has 9 heteroatoms. The van der Waals surface area contributed by atoms with Gasteiger partial charge in [0.15, 0.2) is 0 Å². The highest BCUT2D eigenvalue weighted by Crippen LogP contribution is 2.27. The first-order chi connectivity index (χ1) is 17.1. The Bertz CT molecular complexity index is 787. The van der Waals surface area contributed by atoms with Crippen molar-refractivity contribution >= 4 is 23.9 Å². The Morgan fingerprint density at radius 3 is 2.25 bits per heavy atom. The van der Waals surface area contributed by atoms with Crippen LogP contribution >= 0.6 is 0 Å². The zero-order valence-corrected chi connectivity index (χ0v) is 22.6. The molecule has 0 N–H and O–H groups in total. The number of ether oxygens (including phenoxy) is 2. The summed E-state index contributed by atoms with van der Waals surface area (Å²) >= 11 is 0. The molecular formula is C27H45N3O6. The van der Waals surface area contributed by atoms with Gasteiger partial charge in [-0.3, -0.25) is 9.59 Å². The van der Waals surface area contributed by atoms with Crippen LogP contribution in [0.3, 0.4) is 0 Å². The second-order valence-electron chi connectivity index (χ2n) is 11.4. The smallest absolute Gasteiger partial charge is 0.410 e. The van der Waals surface area contributed by atoms with Crippen molar-refractivity contribution in [2.45, 2.75) is 97.1 Å². The number of hydrogen-bond acceptors (Lipinski definition) is 6. The number of esters is 1. The summed E-state index contributed by atoms with van der Waals surface area (Å²) in [6, 6.07) is -0.496. The second-order valence-corrected chi connectivity index (χ2v) is 11.4. The molecule has 3 rings (SSSR count). The normalized spacial score (nSPS) is 23.8. The van der Waals surface area contributed by atoms with Gasteiger partial charge in [-0.2, -0.15) is 0 Å². The molecule has 2 atom stereocenters. The Kier molecular flexibility index (Phi) is 10.0. The molecule has 1 unspecified atom stereocenters. The SMILES string of the molecule is CCOC(=O)C1CCCCN1C(=O)[C@@H]1CCCN(C(=O)CCC2CCN(C(=O)OC(C)(C)C)CC2)C1. The zero-order chi connectivity index (χ0) is 26.3. The third-order valence-corrected chi connectivity index (χ3v) is 7.50. The summed E-state index contributed by atoms with van der Waals surface area (Å²) in [5.74, 6) is -0.0715. The van der Waals surface area contributed by atoms with E-state index in [4.69, 9.17) is 9.47 Å². The highest BCUT2D eigenvalue weighted by Gasteiger charge is 2.38. The number of rotatable bonds is 6. The van der Waals surface area contributed by atoms with E-state index in [1.54, 1.807) is 16.7 Å². The van der Waals surface area contributed by atoms with Crippen LogP contribution in [-0.4, -0.2) is 89.6 Å². The fourth-order valence-electron chi connectivity index (χ4n) is 5.53. The van der Waals surface area contributed by atoms with Gasteiger partial charge in [0.25, 0.3) is 0 Å². The Balaban J connectivity index is 1.45. The van der Waals surface area contributed by atoms with E-state index in [2.05, 4.69) is 0 Å². The first kappa shape index (κ1) is 28.3. The van der Waals surface area contributed by atoms with Crippen molar-refractivity contribution < 1.29 is 28.7 Å². The molecule has 0 aromatic carbocycles.